The lowest BCUT2D eigenvalue weighted by Gasteiger charge is -2.28. The number of quaternary nitrogens is 2. The summed E-state index contributed by atoms with van der Waals surface area (Å²) < 4.78 is 0. The molecule has 0 aliphatic carbocycles. The van der Waals surface area contributed by atoms with E-state index in [9.17, 15) is 0 Å². The third-order valence-corrected chi connectivity index (χ3v) is 4.46. The first-order valence-corrected chi connectivity index (χ1v) is 7.16. The summed E-state index contributed by atoms with van der Waals surface area (Å²) in [4.78, 5) is 0. The molecule has 1 aromatic rings. The average Bonchev–Trinajstić information content (AvgIpc) is 2.40. The molecular weight excluding hydrogens is 208 g/mol. The van der Waals surface area contributed by atoms with Crippen LogP contribution >= 0.6 is 0 Å². The van der Waals surface area contributed by atoms with Crippen LogP contribution in [0.1, 0.15) is 36.4 Å². The van der Waals surface area contributed by atoms with Crippen LogP contribution in [0.4, 0.5) is 0 Å². The Bertz CT molecular complexity index is 369. The predicted molar refractivity (Wildman–Crippen MR) is 68.7 cm³/mol. The van der Waals surface area contributed by atoms with E-state index < -0.39 is 0 Å². The lowest BCUT2D eigenvalue weighted by Crippen LogP contribution is -2.88. The van der Waals surface area contributed by atoms with Crippen molar-refractivity contribution in [2.24, 2.45) is 5.92 Å². The fourth-order valence-electron chi connectivity index (χ4n) is 3.50. The standard InChI is InChI=1S/C15H22N2/c1-2-4-14-13(3-1)7-10-17-15(14)11-12-5-8-16-9-6-12/h1-4,12,15-17H,5-11H2/p+2/t15-/m0/s1. The monoisotopic (exact) mass is 232 g/mol. The van der Waals surface area contributed by atoms with Crippen molar-refractivity contribution in [2.75, 3.05) is 19.6 Å². The van der Waals surface area contributed by atoms with Gasteiger partial charge in [0.2, 0.25) is 0 Å². The fourth-order valence-corrected chi connectivity index (χ4v) is 3.50. The third-order valence-electron chi connectivity index (χ3n) is 4.46. The zero-order chi connectivity index (χ0) is 11.5. The molecule has 2 aliphatic rings. The Kier molecular flexibility index (Phi) is 3.44. The van der Waals surface area contributed by atoms with Gasteiger partial charge in [0.05, 0.1) is 19.6 Å². The van der Waals surface area contributed by atoms with Gasteiger partial charge in [-0.25, -0.2) is 0 Å². The third kappa shape index (κ3) is 2.53. The minimum Gasteiger partial charge on any atom is -0.346 e. The molecule has 1 aromatic carbocycles. The SMILES string of the molecule is c1ccc2c(c1)CC[NH2+][C@H]2CC1CC[NH2+]CC1. The first-order chi connectivity index (χ1) is 8.43. The summed E-state index contributed by atoms with van der Waals surface area (Å²) in [5.41, 5.74) is 3.22. The van der Waals surface area contributed by atoms with Gasteiger partial charge < -0.3 is 10.6 Å². The summed E-state index contributed by atoms with van der Waals surface area (Å²) >= 11 is 0. The van der Waals surface area contributed by atoms with Crippen LogP contribution in [0.15, 0.2) is 24.3 Å². The predicted octanol–water partition coefficient (Wildman–Crippen LogP) is 0.211. The Balaban J connectivity index is 1.71. The van der Waals surface area contributed by atoms with Crippen molar-refractivity contribution in [1.82, 2.24) is 0 Å². The molecule has 17 heavy (non-hydrogen) atoms. The second-order valence-electron chi connectivity index (χ2n) is 5.62. The summed E-state index contributed by atoms with van der Waals surface area (Å²) in [7, 11) is 0. The zero-order valence-electron chi connectivity index (χ0n) is 10.6. The number of rotatable bonds is 2. The highest BCUT2D eigenvalue weighted by Crippen LogP contribution is 2.26. The Morgan fingerprint density at radius 3 is 2.76 bits per heavy atom. The Morgan fingerprint density at radius 2 is 1.88 bits per heavy atom. The smallest absolute Gasteiger partial charge is 0.112 e. The molecule has 0 bridgehead atoms. The molecule has 0 aromatic heterocycles. The van der Waals surface area contributed by atoms with Gasteiger partial charge in [0.15, 0.2) is 0 Å². The molecule has 2 aliphatic heterocycles. The van der Waals surface area contributed by atoms with Crippen LogP contribution < -0.4 is 10.6 Å². The number of nitrogens with two attached hydrogens (primary N) is 2. The van der Waals surface area contributed by atoms with Crippen LogP contribution in [0.25, 0.3) is 0 Å². The van der Waals surface area contributed by atoms with E-state index in [2.05, 4.69) is 34.9 Å². The molecule has 1 atom stereocenters. The van der Waals surface area contributed by atoms with E-state index >= 15 is 0 Å². The van der Waals surface area contributed by atoms with Crippen LogP contribution in [0, 0.1) is 5.92 Å². The van der Waals surface area contributed by atoms with Gasteiger partial charge in [0.25, 0.3) is 0 Å². The number of benzene rings is 1. The summed E-state index contributed by atoms with van der Waals surface area (Å²) in [5.74, 6) is 0.965. The van der Waals surface area contributed by atoms with E-state index in [0.29, 0.717) is 0 Å². The summed E-state index contributed by atoms with van der Waals surface area (Å²) in [5, 5.41) is 5.04. The van der Waals surface area contributed by atoms with E-state index in [4.69, 9.17) is 0 Å². The van der Waals surface area contributed by atoms with Gasteiger partial charge in [-0.05, 0) is 24.3 Å². The molecule has 1 fully saturated rings. The highest BCUT2D eigenvalue weighted by Gasteiger charge is 2.27. The van der Waals surface area contributed by atoms with Crippen LogP contribution in [0.2, 0.25) is 0 Å². The van der Waals surface area contributed by atoms with Gasteiger partial charge in [-0.1, -0.05) is 24.3 Å². The zero-order valence-corrected chi connectivity index (χ0v) is 10.6. The van der Waals surface area contributed by atoms with Crippen LogP contribution in [-0.2, 0) is 6.42 Å². The number of fused-ring (bicyclic) bond motifs is 1. The summed E-state index contributed by atoms with van der Waals surface area (Å²) in [6, 6.07) is 9.81. The highest BCUT2D eigenvalue weighted by molar-refractivity contribution is 5.30. The molecule has 0 saturated carbocycles. The van der Waals surface area contributed by atoms with Gasteiger partial charge in [0.1, 0.15) is 6.04 Å². The maximum Gasteiger partial charge on any atom is 0.112 e. The van der Waals surface area contributed by atoms with Crippen molar-refractivity contribution in [1.29, 1.82) is 0 Å². The lowest BCUT2D eigenvalue weighted by atomic mass is 9.85. The molecule has 0 amide bonds. The minimum absolute atomic E-state index is 0.739. The molecule has 92 valence electrons. The Morgan fingerprint density at radius 1 is 1.06 bits per heavy atom. The Hall–Kier alpha value is -0.860. The fraction of sp³-hybridized carbons (Fsp3) is 0.600. The Labute approximate surface area is 104 Å². The molecule has 3 rings (SSSR count). The maximum absolute atomic E-state index is 2.57. The van der Waals surface area contributed by atoms with E-state index in [1.165, 1.54) is 45.3 Å². The normalized spacial score (nSPS) is 25.5. The molecule has 0 unspecified atom stereocenters. The first kappa shape index (κ1) is 11.2. The summed E-state index contributed by atoms with van der Waals surface area (Å²) in [6.07, 6.45) is 5.50. The van der Waals surface area contributed by atoms with E-state index in [1.807, 2.05) is 0 Å². The first-order valence-electron chi connectivity index (χ1n) is 7.16. The quantitative estimate of drug-likeness (QED) is 0.731. The molecule has 1 saturated heterocycles. The molecule has 0 radical (unpaired) electrons. The van der Waals surface area contributed by atoms with Crippen molar-refractivity contribution in [3.63, 3.8) is 0 Å². The number of piperidine rings is 1. The lowest BCUT2D eigenvalue weighted by molar-refractivity contribution is -0.702. The molecular formula is C15H24N2+2. The average molecular weight is 232 g/mol. The second-order valence-corrected chi connectivity index (χ2v) is 5.62. The molecule has 2 heterocycles. The minimum atomic E-state index is 0.739. The number of hydrogen-bond acceptors (Lipinski definition) is 0. The largest absolute Gasteiger partial charge is 0.346 e. The van der Waals surface area contributed by atoms with Gasteiger partial charge in [-0.2, -0.15) is 0 Å². The molecule has 0 spiro atoms. The second kappa shape index (κ2) is 5.19. The van der Waals surface area contributed by atoms with Crippen LogP contribution in [0.5, 0.6) is 0 Å². The van der Waals surface area contributed by atoms with Gasteiger partial charge >= 0.3 is 0 Å². The van der Waals surface area contributed by atoms with Crippen molar-refractivity contribution in [3.05, 3.63) is 35.4 Å². The van der Waals surface area contributed by atoms with Crippen molar-refractivity contribution >= 4 is 0 Å². The van der Waals surface area contributed by atoms with Gasteiger partial charge in [-0.3, -0.25) is 0 Å². The molecule has 2 heteroatoms. The van der Waals surface area contributed by atoms with Crippen LogP contribution in [-0.4, -0.2) is 19.6 Å². The van der Waals surface area contributed by atoms with Crippen molar-refractivity contribution < 1.29 is 10.6 Å². The number of hydrogen-bond donors (Lipinski definition) is 2. The highest BCUT2D eigenvalue weighted by atomic mass is 14.9. The maximum atomic E-state index is 2.57. The topological polar surface area (TPSA) is 33.2 Å². The van der Waals surface area contributed by atoms with Crippen molar-refractivity contribution in [2.45, 2.75) is 31.7 Å². The van der Waals surface area contributed by atoms with E-state index in [1.54, 1.807) is 11.1 Å². The van der Waals surface area contributed by atoms with Gasteiger partial charge in [-0.15, -0.1) is 0 Å². The molecule has 2 nitrogen and oxygen atoms in total. The van der Waals surface area contributed by atoms with E-state index in [-0.39, 0.29) is 0 Å². The molecule has 4 N–H and O–H groups in total. The van der Waals surface area contributed by atoms with Crippen molar-refractivity contribution in [3.8, 4) is 0 Å². The van der Waals surface area contributed by atoms with Crippen LogP contribution in [0.3, 0.4) is 0 Å². The van der Waals surface area contributed by atoms with E-state index in [0.717, 1.165) is 12.0 Å². The van der Waals surface area contributed by atoms with Gasteiger partial charge in [0, 0.05) is 18.4 Å². The summed E-state index contributed by atoms with van der Waals surface area (Å²) in [6.45, 7) is 3.97.